The van der Waals surface area contributed by atoms with Crippen molar-refractivity contribution in [2.24, 2.45) is 10.8 Å². The normalized spacial score (nSPS) is 19.4. The van der Waals surface area contributed by atoms with Gasteiger partial charge in [-0.2, -0.15) is 0 Å². The largest absolute Gasteiger partial charge is 0.491 e. The third-order valence-electron chi connectivity index (χ3n) is 6.83. The first kappa shape index (κ1) is 33.0. The Morgan fingerprint density at radius 2 is 1.19 bits per heavy atom. The van der Waals surface area contributed by atoms with E-state index < -0.39 is 12.2 Å². The highest BCUT2D eigenvalue weighted by Gasteiger charge is 2.42. The number of hydrogen-bond donors (Lipinski definition) is 2. The van der Waals surface area contributed by atoms with Crippen LogP contribution >= 0.6 is 0 Å². The molecular formula is C32H46N2O8. The van der Waals surface area contributed by atoms with Crippen LogP contribution < -0.4 is 20.1 Å². The summed E-state index contributed by atoms with van der Waals surface area (Å²) in [6.07, 6.45) is 1.48. The van der Waals surface area contributed by atoms with Gasteiger partial charge in [-0.05, 0) is 54.4 Å². The maximum Gasteiger partial charge on any atom is 0.407 e. The molecule has 1 fully saturated rings. The molecule has 10 heteroatoms. The van der Waals surface area contributed by atoms with E-state index in [1.165, 1.54) is 0 Å². The molecule has 0 aliphatic heterocycles. The number of para-hydroxylation sites is 2. The van der Waals surface area contributed by atoms with Crippen molar-refractivity contribution in [2.45, 2.75) is 46.1 Å². The minimum atomic E-state index is -0.484. The summed E-state index contributed by atoms with van der Waals surface area (Å²) in [5.74, 6) is 1.58. The van der Waals surface area contributed by atoms with Gasteiger partial charge in [0, 0.05) is 12.6 Å². The zero-order valence-corrected chi connectivity index (χ0v) is 25.1. The molecule has 2 aromatic rings. The Morgan fingerprint density at radius 1 is 0.690 bits per heavy atom. The van der Waals surface area contributed by atoms with Gasteiger partial charge in [-0.25, -0.2) is 9.59 Å². The minimum absolute atomic E-state index is 0.0198. The zero-order chi connectivity index (χ0) is 30.1. The van der Waals surface area contributed by atoms with Gasteiger partial charge in [0.2, 0.25) is 0 Å². The Kier molecular flexibility index (Phi) is 13.7. The van der Waals surface area contributed by atoms with Gasteiger partial charge < -0.3 is 39.1 Å². The van der Waals surface area contributed by atoms with Crippen molar-refractivity contribution in [3.8, 4) is 11.5 Å². The SMILES string of the molecule is CC1(C)CC(NC(=O)OCCOCCOc2ccccc2)CC(C)(CNC(=O)OCCOCCOc2ccccc2)C1. The predicted molar refractivity (Wildman–Crippen MR) is 159 cm³/mol. The lowest BCUT2D eigenvalue weighted by atomic mass is 9.62. The number of carbonyl (C=O) groups excluding carboxylic acids is 2. The van der Waals surface area contributed by atoms with E-state index in [2.05, 4.69) is 31.4 Å². The van der Waals surface area contributed by atoms with Crippen LogP contribution in [-0.2, 0) is 18.9 Å². The summed E-state index contributed by atoms with van der Waals surface area (Å²) < 4.78 is 32.7. The molecule has 0 radical (unpaired) electrons. The average molecular weight is 587 g/mol. The van der Waals surface area contributed by atoms with Crippen LogP contribution in [0.2, 0.25) is 0 Å². The Bertz CT molecular complexity index is 1050. The molecule has 0 heterocycles. The lowest BCUT2D eigenvalue weighted by Gasteiger charge is -2.46. The molecule has 232 valence electrons. The number of nitrogens with one attached hydrogen (secondary N) is 2. The van der Waals surface area contributed by atoms with E-state index in [-0.39, 0.29) is 43.3 Å². The second kappa shape index (κ2) is 17.5. The number of ether oxygens (including phenoxy) is 6. The van der Waals surface area contributed by atoms with Crippen molar-refractivity contribution in [2.75, 3.05) is 59.4 Å². The molecule has 0 spiro atoms. The van der Waals surface area contributed by atoms with Gasteiger partial charge in [-0.15, -0.1) is 0 Å². The Balaban J connectivity index is 1.25. The summed E-state index contributed by atoms with van der Waals surface area (Å²) >= 11 is 0. The second-order valence-electron chi connectivity index (χ2n) is 11.6. The Hall–Kier alpha value is -3.50. The molecule has 42 heavy (non-hydrogen) atoms. The number of hydrogen-bond acceptors (Lipinski definition) is 8. The highest BCUT2D eigenvalue weighted by Crippen LogP contribution is 2.45. The highest BCUT2D eigenvalue weighted by atomic mass is 16.6. The van der Waals surface area contributed by atoms with Gasteiger partial charge in [0.15, 0.2) is 0 Å². The number of rotatable bonds is 17. The van der Waals surface area contributed by atoms with Gasteiger partial charge in [0.1, 0.15) is 37.9 Å². The molecule has 0 aromatic heterocycles. The molecule has 10 nitrogen and oxygen atoms in total. The van der Waals surface area contributed by atoms with E-state index in [0.29, 0.717) is 39.4 Å². The molecule has 0 bridgehead atoms. The lowest BCUT2D eigenvalue weighted by Crippen LogP contribution is -2.50. The van der Waals surface area contributed by atoms with E-state index in [4.69, 9.17) is 28.4 Å². The molecule has 2 unspecified atom stereocenters. The first-order valence-electron chi connectivity index (χ1n) is 14.6. The van der Waals surface area contributed by atoms with Gasteiger partial charge in [-0.1, -0.05) is 57.2 Å². The third-order valence-corrected chi connectivity index (χ3v) is 6.83. The molecule has 2 amide bonds. The number of amides is 2. The molecule has 2 atom stereocenters. The third kappa shape index (κ3) is 13.4. The molecule has 3 rings (SSSR count). The highest BCUT2D eigenvalue weighted by molar-refractivity contribution is 5.68. The number of alkyl carbamates (subject to hydrolysis) is 2. The topological polar surface area (TPSA) is 114 Å². The van der Waals surface area contributed by atoms with Crippen molar-refractivity contribution >= 4 is 12.2 Å². The van der Waals surface area contributed by atoms with Crippen LogP contribution in [0.3, 0.4) is 0 Å². The summed E-state index contributed by atoms with van der Waals surface area (Å²) in [6, 6.07) is 19.0. The van der Waals surface area contributed by atoms with Gasteiger partial charge in [-0.3, -0.25) is 0 Å². The van der Waals surface area contributed by atoms with Gasteiger partial charge >= 0.3 is 12.2 Å². The fourth-order valence-electron chi connectivity index (χ4n) is 5.48. The van der Waals surface area contributed by atoms with Crippen LogP contribution in [0.25, 0.3) is 0 Å². The van der Waals surface area contributed by atoms with Crippen molar-refractivity contribution < 1.29 is 38.0 Å². The van der Waals surface area contributed by atoms with Gasteiger partial charge in [0.25, 0.3) is 0 Å². The fourth-order valence-corrected chi connectivity index (χ4v) is 5.48. The van der Waals surface area contributed by atoms with Crippen LogP contribution in [0.15, 0.2) is 60.7 Å². The molecular weight excluding hydrogens is 540 g/mol. The van der Waals surface area contributed by atoms with Crippen LogP contribution in [0, 0.1) is 10.8 Å². The van der Waals surface area contributed by atoms with Crippen molar-refractivity contribution in [1.82, 2.24) is 10.6 Å². The lowest BCUT2D eigenvalue weighted by molar-refractivity contribution is 0.0428. The van der Waals surface area contributed by atoms with Crippen molar-refractivity contribution in [3.63, 3.8) is 0 Å². The average Bonchev–Trinajstić information content (AvgIpc) is 2.95. The van der Waals surface area contributed by atoms with E-state index in [1.807, 2.05) is 60.7 Å². The Morgan fingerprint density at radius 3 is 1.74 bits per heavy atom. The van der Waals surface area contributed by atoms with E-state index in [0.717, 1.165) is 24.3 Å². The van der Waals surface area contributed by atoms with Crippen LogP contribution in [-0.4, -0.2) is 77.6 Å². The molecule has 0 saturated heterocycles. The molecule has 2 aromatic carbocycles. The van der Waals surface area contributed by atoms with Crippen molar-refractivity contribution in [1.29, 1.82) is 0 Å². The van der Waals surface area contributed by atoms with E-state index in [1.54, 1.807) is 0 Å². The standard InChI is InChI=1S/C32H46N2O8/c1-31(2)22-26(34-30(36)42-21-17-38-15-19-40-28-12-8-5-9-13-28)23-32(3,24-31)25-33-29(35)41-20-16-37-14-18-39-27-10-6-4-7-11-27/h4-13,26H,14-25H2,1-3H3,(H,33,35)(H,34,36). The van der Waals surface area contributed by atoms with Crippen molar-refractivity contribution in [3.05, 3.63) is 60.7 Å². The fraction of sp³-hybridized carbons (Fsp3) is 0.562. The first-order chi connectivity index (χ1) is 20.2. The maximum absolute atomic E-state index is 12.4. The summed E-state index contributed by atoms with van der Waals surface area (Å²) in [7, 11) is 0. The molecule has 1 aliphatic carbocycles. The predicted octanol–water partition coefficient (Wildman–Crippen LogP) is 5.22. The van der Waals surface area contributed by atoms with E-state index in [9.17, 15) is 9.59 Å². The first-order valence-corrected chi connectivity index (χ1v) is 14.6. The molecule has 2 N–H and O–H groups in total. The maximum atomic E-state index is 12.4. The van der Waals surface area contributed by atoms with Crippen LogP contribution in [0.1, 0.15) is 40.0 Å². The van der Waals surface area contributed by atoms with E-state index >= 15 is 0 Å². The summed E-state index contributed by atoms with van der Waals surface area (Å²) in [4.78, 5) is 24.7. The zero-order valence-electron chi connectivity index (χ0n) is 25.1. The quantitative estimate of drug-likeness (QED) is 0.243. The second-order valence-corrected chi connectivity index (χ2v) is 11.6. The molecule has 1 aliphatic rings. The Labute approximate surface area is 249 Å². The smallest absolute Gasteiger partial charge is 0.407 e. The number of benzene rings is 2. The summed E-state index contributed by atoms with van der Waals surface area (Å²) in [5, 5.41) is 5.88. The number of carbonyl (C=O) groups is 2. The molecule has 1 saturated carbocycles. The summed E-state index contributed by atoms with van der Waals surface area (Å²) in [6.45, 7) is 9.44. The van der Waals surface area contributed by atoms with Crippen LogP contribution in [0.4, 0.5) is 9.59 Å². The monoisotopic (exact) mass is 586 g/mol. The van der Waals surface area contributed by atoms with Gasteiger partial charge in [0.05, 0.1) is 26.4 Å². The minimum Gasteiger partial charge on any atom is -0.491 e. The van der Waals surface area contributed by atoms with Crippen LogP contribution in [0.5, 0.6) is 11.5 Å². The summed E-state index contributed by atoms with van der Waals surface area (Å²) in [5.41, 5.74) is -0.236.